The quantitative estimate of drug-likeness (QED) is 0.192. The van der Waals surface area contributed by atoms with E-state index in [9.17, 15) is 19.5 Å². The van der Waals surface area contributed by atoms with Crippen molar-refractivity contribution in [3.63, 3.8) is 0 Å². The summed E-state index contributed by atoms with van der Waals surface area (Å²) in [6.45, 7) is 5.63. The molecule has 1 atom stereocenters. The van der Waals surface area contributed by atoms with Crippen molar-refractivity contribution < 1.29 is 29.0 Å². The van der Waals surface area contributed by atoms with Crippen LogP contribution in [-0.4, -0.2) is 36.5 Å². The van der Waals surface area contributed by atoms with Crippen LogP contribution in [0.25, 0.3) is 5.76 Å². The van der Waals surface area contributed by atoms with Crippen molar-refractivity contribution in [2.24, 2.45) is 0 Å². The summed E-state index contributed by atoms with van der Waals surface area (Å²) < 4.78 is 10.5. The van der Waals surface area contributed by atoms with E-state index in [0.717, 1.165) is 11.1 Å². The Labute approximate surface area is 219 Å². The van der Waals surface area contributed by atoms with Crippen LogP contribution in [0.2, 0.25) is 5.02 Å². The van der Waals surface area contributed by atoms with Gasteiger partial charge in [0.25, 0.3) is 11.7 Å². The van der Waals surface area contributed by atoms with Crippen LogP contribution in [-0.2, 0) is 14.3 Å². The largest absolute Gasteiger partial charge is 0.507 e. The minimum atomic E-state index is -0.933. The summed E-state index contributed by atoms with van der Waals surface area (Å²) >= 11 is 6.35. The highest BCUT2D eigenvalue weighted by Gasteiger charge is 2.47. The Kier molecular flexibility index (Phi) is 7.36. The lowest BCUT2D eigenvalue weighted by Crippen LogP contribution is -2.29. The molecule has 8 heteroatoms. The summed E-state index contributed by atoms with van der Waals surface area (Å²) in [5.74, 6) is -2.35. The number of amides is 1. The van der Waals surface area contributed by atoms with E-state index in [-0.39, 0.29) is 28.5 Å². The SMILES string of the molecule is CCOC(=O)c1ccc(N2C(=O)C(=O)/C(=C(/O)c3cc(C)cc(Cl)c3OC)C2c2cccc(C)c2)cc1. The molecule has 1 N–H and O–H groups in total. The average Bonchev–Trinajstić information content (AvgIpc) is 3.13. The lowest BCUT2D eigenvalue weighted by Gasteiger charge is -2.26. The highest BCUT2D eigenvalue weighted by molar-refractivity contribution is 6.51. The topological polar surface area (TPSA) is 93.1 Å². The van der Waals surface area contributed by atoms with Crippen LogP contribution in [0.1, 0.15) is 45.6 Å². The number of halogens is 1. The Hall–Kier alpha value is -4.10. The van der Waals surface area contributed by atoms with Gasteiger partial charge in [0, 0.05) is 5.69 Å². The summed E-state index contributed by atoms with van der Waals surface area (Å²) in [5.41, 5.74) is 3.10. The van der Waals surface area contributed by atoms with Crippen molar-refractivity contribution in [1.82, 2.24) is 0 Å². The van der Waals surface area contributed by atoms with Gasteiger partial charge in [0.15, 0.2) is 0 Å². The predicted molar refractivity (Wildman–Crippen MR) is 141 cm³/mol. The smallest absolute Gasteiger partial charge is 0.338 e. The first kappa shape index (κ1) is 26.0. The Bertz CT molecular complexity index is 1430. The molecule has 190 valence electrons. The number of aliphatic hydroxyl groups excluding tert-OH is 1. The van der Waals surface area contributed by atoms with E-state index in [1.165, 1.54) is 24.1 Å². The number of anilines is 1. The number of hydrogen-bond acceptors (Lipinski definition) is 6. The number of benzene rings is 3. The maximum atomic E-state index is 13.4. The molecule has 4 rings (SSSR count). The second kappa shape index (κ2) is 10.5. The molecule has 0 aromatic heterocycles. The molecule has 1 aliphatic heterocycles. The second-order valence-electron chi connectivity index (χ2n) is 8.68. The zero-order valence-corrected chi connectivity index (χ0v) is 21.6. The van der Waals surface area contributed by atoms with Crippen LogP contribution >= 0.6 is 11.6 Å². The van der Waals surface area contributed by atoms with E-state index in [0.29, 0.717) is 16.8 Å². The van der Waals surface area contributed by atoms with Crippen molar-refractivity contribution in [3.8, 4) is 5.75 Å². The van der Waals surface area contributed by atoms with Crippen LogP contribution in [0.5, 0.6) is 5.75 Å². The lowest BCUT2D eigenvalue weighted by atomic mass is 9.93. The number of ether oxygens (including phenoxy) is 2. The summed E-state index contributed by atoms with van der Waals surface area (Å²) in [7, 11) is 1.41. The van der Waals surface area contributed by atoms with Crippen LogP contribution in [0.15, 0.2) is 66.2 Å². The number of nitrogens with zero attached hydrogens (tertiary/aromatic N) is 1. The molecule has 1 amide bonds. The zero-order valence-electron chi connectivity index (χ0n) is 20.9. The number of carbonyl (C=O) groups excluding carboxylic acids is 3. The van der Waals surface area contributed by atoms with Gasteiger partial charge in [-0.1, -0.05) is 41.4 Å². The monoisotopic (exact) mass is 519 g/mol. The van der Waals surface area contributed by atoms with Gasteiger partial charge < -0.3 is 14.6 Å². The summed E-state index contributed by atoms with van der Waals surface area (Å²) in [6.07, 6.45) is 0. The van der Waals surface area contributed by atoms with Gasteiger partial charge in [-0.2, -0.15) is 0 Å². The maximum Gasteiger partial charge on any atom is 0.338 e. The molecule has 3 aromatic carbocycles. The number of aryl methyl sites for hydroxylation is 2. The number of rotatable bonds is 6. The summed E-state index contributed by atoms with van der Waals surface area (Å²) in [5, 5.41) is 11.8. The molecule has 3 aromatic rings. The third kappa shape index (κ3) is 4.82. The van der Waals surface area contributed by atoms with Gasteiger partial charge in [-0.05, 0) is 68.3 Å². The van der Waals surface area contributed by atoms with Gasteiger partial charge >= 0.3 is 5.97 Å². The maximum absolute atomic E-state index is 13.4. The number of Topliss-reactive ketones (excluding diaryl/α,β-unsaturated/α-hetero) is 1. The molecular weight excluding hydrogens is 494 g/mol. The Morgan fingerprint density at radius 1 is 1.03 bits per heavy atom. The van der Waals surface area contributed by atoms with Crippen LogP contribution in [0.4, 0.5) is 5.69 Å². The average molecular weight is 520 g/mol. The Balaban J connectivity index is 1.93. The molecule has 1 fully saturated rings. The van der Waals surface area contributed by atoms with E-state index in [1.807, 2.05) is 25.1 Å². The van der Waals surface area contributed by atoms with Gasteiger partial charge in [-0.25, -0.2) is 4.79 Å². The Morgan fingerprint density at radius 3 is 2.35 bits per heavy atom. The fourth-order valence-electron chi connectivity index (χ4n) is 4.48. The molecule has 37 heavy (non-hydrogen) atoms. The number of ketones is 1. The number of carbonyl (C=O) groups is 3. The van der Waals surface area contributed by atoms with E-state index < -0.39 is 29.5 Å². The van der Waals surface area contributed by atoms with Crippen molar-refractivity contribution in [3.05, 3.63) is 99.1 Å². The van der Waals surface area contributed by atoms with E-state index in [4.69, 9.17) is 21.1 Å². The molecule has 1 unspecified atom stereocenters. The minimum absolute atomic E-state index is 0.0926. The van der Waals surface area contributed by atoms with Crippen molar-refractivity contribution in [2.45, 2.75) is 26.8 Å². The predicted octanol–water partition coefficient (Wildman–Crippen LogP) is 5.77. The molecule has 0 radical (unpaired) electrons. The number of hydrogen-bond donors (Lipinski definition) is 1. The molecule has 7 nitrogen and oxygen atoms in total. The van der Waals surface area contributed by atoms with Gasteiger partial charge in [-0.15, -0.1) is 0 Å². The number of esters is 1. The second-order valence-corrected chi connectivity index (χ2v) is 9.09. The highest BCUT2D eigenvalue weighted by atomic mass is 35.5. The van der Waals surface area contributed by atoms with Gasteiger partial charge in [0.2, 0.25) is 0 Å². The van der Waals surface area contributed by atoms with E-state index >= 15 is 0 Å². The highest BCUT2D eigenvalue weighted by Crippen LogP contribution is 2.44. The zero-order chi connectivity index (χ0) is 26.9. The van der Waals surface area contributed by atoms with Crippen molar-refractivity contribution in [2.75, 3.05) is 18.6 Å². The lowest BCUT2D eigenvalue weighted by molar-refractivity contribution is -0.132. The van der Waals surface area contributed by atoms with Gasteiger partial charge in [0.1, 0.15) is 11.5 Å². The molecule has 1 saturated heterocycles. The fraction of sp³-hybridized carbons (Fsp3) is 0.207. The first-order chi connectivity index (χ1) is 17.7. The molecule has 0 bridgehead atoms. The van der Waals surface area contributed by atoms with E-state index in [2.05, 4.69) is 0 Å². The van der Waals surface area contributed by atoms with Crippen LogP contribution < -0.4 is 9.64 Å². The van der Waals surface area contributed by atoms with Crippen LogP contribution in [0, 0.1) is 13.8 Å². The van der Waals surface area contributed by atoms with Crippen molar-refractivity contribution in [1.29, 1.82) is 0 Å². The van der Waals surface area contributed by atoms with Crippen molar-refractivity contribution >= 4 is 40.7 Å². The minimum Gasteiger partial charge on any atom is -0.507 e. The fourth-order valence-corrected chi connectivity index (χ4v) is 4.84. The third-order valence-electron chi connectivity index (χ3n) is 6.11. The van der Waals surface area contributed by atoms with Gasteiger partial charge in [0.05, 0.1) is 41.5 Å². The molecule has 0 saturated carbocycles. The molecule has 0 aliphatic carbocycles. The molecule has 0 spiro atoms. The normalized spacial score (nSPS) is 16.7. The van der Waals surface area contributed by atoms with Crippen LogP contribution in [0.3, 0.4) is 0 Å². The van der Waals surface area contributed by atoms with E-state index in [1.54, 1.807) is 44.2 Å². The molecule has 1 aliphatic rings. The summed E-state index contributed by atoms with van der Waals surface area (Å²) in [4.78, 5) is 40.3. The summed E-state index contributed by atoms with van der Waals surface area (Å²) in [6, 6.07) is 16.0. The number of methoxy groups -OCH3 is 1. The molecule has 1 heterocycles. The number of aliphatic hydroxyl groups is 1. The van der Waals surface area contributed by atoms with Gasteiger partial charge in [-0.3, -0.25) is 14.5 Å². The first-order valence-corrected chi connectivity index (χ1v) is 12.0. The standard InChI is InChI=1S/C29H26ClNO6/c1-5-37-29(35)18-9-11-20(12-10-18)31-24(19-8-6-7-16(2)13-19)23(26(33)28(31)34)25(32)21-14-17(3)15-22(30)27(21)36-4/h6-15,24,32H,5H2,1-4H3/b25-23+. The Morgan fingerprint density at radius 2 is 1.73 bits per heavy atom. The first-order valence-electron chi connectivity index (χ1n) is 11.7. The third-order valence-corrected chi connectivity index (χ3v) is 6.39. The molecular formula is C29H26ClNO6.